The van der Waals surface area contributed by atoms with Crippen molar-refractivity contribution in [1.82, 2.24) is 15.0 Å². The van der Waals surface area contributed by atoms with Gasteiger partial charge in [0.05, 0.1) is 16.2 Å². The number of hydrogen-bond acceptors (Lipinski definition) is 10. The van der Waals surface area contributed by atoms with E-state index in [-0.39, 0.29) is 39.9 Å². The van der Waals surface area contributed by atoms with Crippen molar-refractivity contribution in [2.75, 3.05) is 16.1 Å². The molecule has 37 heavy (non-hydrogen) atoms. The molecule has 0 amide bonds. The number of anilines is 5. The molecule has 13 heteroatoms. The minimum absolute atomic E-state index is 0.0423. The molecule has 0 saturated heterocycles. The number of non-ortho nitro benzene ring substituents is 1. The number of rotatable bonds is 8. The monoisotopic (exact) mass is 538 g/mol. The number of hydrazone groups is 1. The summed E-state index contributed by atoms with van der Waals surface area (Å²) < 4.78 is 0. The van der Waals surface area contributed by atoms with Gasteiger partial charge in [-0.1, -0.05) is 29.3 Å². The van der Waals surface area contributed by atoms with E-state index < -0.39 is 4.92 Å². The van der Waals surface area contributed by atoms with E-state index >= 15 is 0 Å². The van der Waals surface area contributed by atoms with Crippen molar-refractivity contribution in [2.24, 2.45) is 5.10 Å². The van der Waals surface area contributed by atoms with Crippen LogP contribution in [0.1, 0.15) is 16.7 Å². The van der Waals surface area contributed by atoms with E-state index in [2.05, 4.69) is 36.1 Å². The molecule has 4 rings (SSSR count). The Hall–Kier alpha value is -4.48. The second-order valence-electron chi connectivity index (χ2n) is 7.85. The highest BCUT2D eigenvalue weighted by molar-refractivity contribution is 6.36. The predicted molar refractivity (Wildman–Crippen MR) is 145 cm³/mol. The van der Waals surface area contributed by atoms with Crippen LogP contribution in [-0.2, 0) is 0 Å². The van der Waals surface area contributed by atoms with Crippen LogP contribution < -0.4 is 16.1 Å². The summed E-state index contributed by atoms with van der Waals surface area (Å²) in [5.41, 5.74) is 6.47. The summed E-state index contributed by atoms with van der Waals surface area (Å²) in [6.45, 7) is 4.01. The van der Waals surface area contributed by atoms with Gasteiger partial charge in [-0.05, 0) is 61.4 Å². The molecule has 0 spiro atoms. The lowest BCUT2D eigenvalue weighted by Gasteiger charge is -2.11. The molecule has 0 atom stereocenters. The number of aromatic hydroxyl groups is 1. The molecule has 11 nitrogen and oxygen atoms in total. The molecule has 188 valence electrons. The van der Waals surface area contributed by atoms with Crippen LogP contribution in [0.5, 0.6) is 5.75 Å². The zero-order valence-electron chi connectivity index (χ0n) is 19.5. The van der Waals surface area contributed by atoms with Crippen molar-refractivity contribution in [3.8, 4) is 5.75 Å². The van der Waals surface area contributed by atoms with Crippen LogP contribution in [0.25, 0.3) is 0 Å². The first-order valence-corrected chi connectivity index (χ1v) is 11.5. The van der Waals surface area contributed by atoms with E-state index in [0.29, 0.717) is 10.7 Å². The average Bonchev–Trinajstić information content (AvgIpc) is 2.84. The minimum atomic E-state index is -0.483. The summed E-state index contributed by atoms with van der Waals surface area (Å²) in [4.78, 5) is 23.5. The highest BCUT2D eigenvalue weighted by Gasteiger charge is 2.10. The molecule has 1 heterocycles. The van der Waals surface area contributed by atoms with Gasteiger partial charge in [0.2, 0.25) is 17.8 Å². The topological polar surface area (TPSA) is 150 Å². The fraction of sp³-hybridized carbons (Fsp3) is 0.0833. The molecule has 0 saturated carbocycles. The number of phenols is 1. The molecular weight excluding hydrogens is 519 g/mol. The fourth-order valence-corrected chi connectivity index (χ4v) is 3.63. The van der Waals surface area contributed by atoms with Crippen molar-refractivity contribution >= 4 is 64.3 Å². The van der Waals surface area contributed by atoms with Gasteiger partial charge in [0, 0.05) is 34.1 Å². The van der Waals surface area contributed by atoms with Crippen LogP contribution in [0.2, 0.25) is 10.0 Å². The van der Waals surface area contributed by atoms with Crippen LogP contribution >= 0.6 is 23.2 Å². The number of nitrogens with zero attached hydrogens (tertiary/aromatic N) is 5. The average molecular weight is 539 g/mol. The Labute approximate surface area is 221 Å². The minimum Gasteiger partial charge on any atom is -0.506 e. The van der Waals surface area contributed by atoms with Gasteiger partial charge in [-0.25, -0.2) is 5.43 Å². The first-order valence-electron chi connectivity index (χ1n) is 10.8. The third-order valence-electron chi connectivity index (χ3n) is 5.16. The summed E-state index contributed by atoms with van der Waals surface area (Å²) in [5, 5.41) is 31.7. The number of hydrogen-bond donors (Lipinski definition) is 4. The Balaban J connectivity index is 1.62. The fourth-order valence-electron chi connectivity index (χ4n) is 3.13. The molecule has 0 bridgehead atoms. The second-order valence-corrected chi connectivity index (χ2v) is 8.70. The quantitative estimate of drug-likeness (QED) is 0.114. The summed E-state index contributed by atoms with van der Waals surface area (Å²) >= 11 is 12.0. The number of aromatic nitrogens is 3. The molecule has 0 aliphatic heterocycles. The lowest BCUT2D eigenvalue weighted by atomic mass is 10.1. The summed E-state index contributed by atoms with van der Waals surface area (Å²) in [5.74, 6) is 0.273. The van der Waals surface area contributed by atoms with Gasteiger partial charge in [0.1, 0.15) is 5.75 Å². The zero-order valence-corrected chi connectivity index (χ0v) is 21.0. The van der Waals surface area contributed by atoms with Crippen LogP contribution in [-0.4, -0.2) is 31.2 Å². The maximum Gasteiger partial charge on any atom is 0.269 e. The van der Waals surface area contributed by atoms with Crippen molar-refractivity contribution in [3.05, 3.63) is 91.4 Å². The SMILES string of the molecule is Cc1ccc(Nc2nc(N/N=C/c3cc(Cl)cc(Cl)c3O)nc(Nc3ccc([N+](=O)[O-])cc3)n2)cc1C. The van der Waals surface area contributed by atoms with E-state index in [1.165, 1.54) is 42.6 Å². The third-order valence-corrected chi connectivity index (χ3v) is 5.66. The lowest BCUT2D eigenvalue weighted by molar-refractivity contribution is -0.384. The molecular formula is C24H20Cl2N8O3. The maximum atomic E-state index is 10.9. The van der Waals surface area contributed by atoms with Gasteiger partial charge in [-0.2, -0.15) is 20.1 Å². The number of halogens is 2. The molecule has 0 aliphatic rings. The number of phenolic OH excluding ortho intramolecular Hbond substituents is 1. The van der Waals surface area contributed by atoms with Gasteiger partial charge in [-0.15, -0.1) is 0 Å². The molecule has 0 radical (unpaired) electrons. The predicted octanol–water partition coefficient (Wildman–Crippen LogP) is 6.34. The number of nitro benzene ring substituents is 1. The van der Waals surface area contributed by atoms with E-state index in [1.54, 1.807) is 0 Å². The van der Waals surface area contributed by atoms with Gasteiger partial charge < -0.3 is 15.7 Å². The maximum absolute atomic E-state index is 10.9. The Morgan fingerprint density at radius 2 is 1.51 bits per heavy atom. The highest BCUT2D eigenvalue weighted by atomic mass is 35.5. The second kappa shape index (κ2) is 11.1. The third kappa shape index (κ3) is 6.60. The van der Waals surface area contributed by atoms with Crippen molar-refractivity contribution in [3.63, 3.8) is 0 Å². The van der Waals surface area contributed by atoms with Crippen LogP contribution in [0, 0.1) is 24.0 Å². The van der Waals surface area contributed by atoms with E-state index in [0.717, 1.165) is 16.8 Å². The first-order chi connectivity index (χ1) is 17.7. The summed E-state index contributed by atoms with van der Waals surface area (Å²) in [6.07, 6.45) is 1.32. The molecule has 3 aromatic carbocycles. The van der Waals surface area contributed by atoms with Crippen LogP contribution in [0.15, 0.2) is 59.7 Å². The zero-order chi connectivity index (χ0) is 26.5. The Bertz CT molecular complexity index is 1500. The van der Waals surface area contributed by atoms with Gasteiger partial charge in [0.25, 0.3) is 5.69 Å². The van der Waals surface area contributed by atoms with Crippen molar-refractivity contribution in [2.45, 2.75) is 13.8 Å². The largest absolute Gasteiger partial charge is 0.506 e. The van der Waals surface area contributed by atoms with E-state index in [1.807, 2.05) is 32.0 Å². The first kappa shape index (κ1) is 25.6. The standard InChI is InChI=1S/C24H20Cl2N8O3/c1-13-3-4-18(9-14(13)2)29-23-30-22(28-17-5-7-19(8-6-17)34(36)37)31-24(32-23)33-27-12-15-10-16(25)11-20(26)21(15)35/h3-12,35H,1-2H3,(H3,28,29,30,31,32,33)/b27-12+. The van der Waals surface area contributed by atoms with Gasteiger partial charge in [0.15, 0.2) is 0 Å². The molecule has 4 N–H and O–H groups in total. The van der Waals surface area contributed by atoms with Gasteiger partial charge in [-0.3, -0.25) is 10.1 Å². The van der Waals surface area contributed by atoms with E-state index in [4.69, 9.17) is 23.2 Å². The lowest BCUT2D eigenvalue weighted by Crippen LogP contribution is -2.07. The summed E-state index contributed by atoms with van der Waals surface area (Å²) in [6, 6.07) is 14.5. The molecule has 0 unspecified atom stereocenters. The van der Waals surface area contributed by atoms with Crippen LogP contribution in [0.3, 0.4) is 0 Å². The Morgan fingerprint density at radius 1 is 0.892 bits per heavy atom. The van der Waals surface area contributed by atoms with Crippen molar-refractivity contribution in [1.29, 1.82) is 0 Å². The van der Waals surface area contributed by atoms with Crippen molar-refractivity contribution < 1.29 is 10.0 Å². The van der Waals surface area contributed by atoms with Crippen LogP contribution in [0.4, 0.5) is 34.9 Å². The normalized spacial score (nSPS) is 10.9. The van der Waals surface area contributed by atoms with Gasteiger partial charge >= 0.3 is 0 Å². The smallest absolute Gasteiger partial charge is 0.269 e. The molecule has 1 aromatic heterocycles. The number of aryl methyl sites for hydroxylation is 2. The number of nitro groups is 1. The van der Waals surface area contributed by atoms with E-state index in [9.17, 15) is 15.2 Å². The summed E-state index contributed by atoms with van der Waals surface area (Å²) in [7, 11) is 0. The Morgan fingerprint density at radius 3 is 2.16 bits per heavy atom. The molecule has 4 aromatic rings. The molecule has 0 fully saturated rings. The number of nitrogens with one attached hydrogen (secondary N) is 3. The Kier molecular flexibility index (Phi) is 7.66. The number of benzene rings is 3. The highest BCUT2D eigenvalue weighted by Crippen LogP contribution is 2.30. The molecule has 0 aliphatic carbocycles.